The van der Waals surface area contributed by atoms with E-state index in [1.165, 1.54) is 11.1 Å². The lowest BCUT2D eigenvalue weighted by Gasteiger charge is -2.13. The van der Waals surface area contributed by atoms with Crippen molar-refractivity contribution in [2.45, 2.75) is 32.6 Å². The van der Waals surface area contributed by atoms with Gasteiger partial charge in [0.2, 0.25) is 5.91 Å². The van der Waals surface area contributed by atoms with E-state index in [-0.39, 0.29) is 5.91 Å². The first kappa shape index (κ1) is 19.0. The van der Waals surface area contributed by atoms with E-state index < -0.39 is 0 Å². The summed E-state index contributed by atoms with van der Waals surface area (Å²) in [6.45, 7) is 5.78. The Morgan fingerprint density at radius 3 is 2.44 bits per heavy atom. The third-order valence-electron chi connectivity index (χ3n) is 4.14. The summed E-state index contributed by atoms with van der Waals surface area (Å²) in [6.07, 6.45) is 1.40. The fourth-order valence-electron chi connectivity index (χ4n) is 2.68. The highest BCUT2D eigenvalue weighted by Gasteiger charge is 2.08. The van der Waals surface area contributed by atoms with Gasteiger partial charge in [-0.05, 0) is 48.2 Å². The highest BCUT2D eigenvalue weighted by molar-refractivity contribution is 5.91. The van der Waals surface area contributed by atoms with Gasteiger partial charge in [0.25, 0.3) is 0 Å². The molecule has 0 saturated carbocycles. The number of ether oxygens (including phenoxy) is 1. The number of carbonyl (C=O) groups excluding carboxylic acids is 1. The van der Waals surface area contributed by atoms with Gasteiger partial charge in [-0.2, -0.15) is 0 Å². The van der Waals surface area contributed by atoms with Crippen molar-refractivity contribution in [3.05, 3.63) is 59.7 Å². The Labute approximate surface area is 150 Å². The fraction of sp³-hybridized carbons (Fsp3) is 0.381. The Bertz CT molecular complexity index is 666. The molecule has 2 N–H and O–H groups in total. The van der Waals surface area contributed by atoms with Gasteiger partial charge < -0.3 is 15.4 Å². The van der Waals surface area contributed by atoms with Gasteiger partial charge in [0.15, 0.2) is 0 Å². The second-order valence-electron chi connectivity index (χ2n) is 6.39. The van der Waals surface area contributed by atoms with Crippen LogP contribution in [0, 0.1) is 0 Å². The second-order valence-corrected chi connectivity index (χ2v) is 6.39. The molecule has 25 heavy (non-hydrogen) atoms. The summed E-state index contributed by atoms with van der Waals surface area (Å²) in [4.78, 5) is 12.1. The van der Waals surface area contributed by atoms with Crippen LogP contribution in [0.15, 0.2) is 48.5 Å². The number of amides is 1. The molecule has 0 spiro atoms. The minimum Gasteiger partial charge on any atom is -0.497 e. The van der Waals surface area contributed by atoms with Gasteiger partial charge in [-0.3, -0.25) is 4.79 Å². The van der Waals surface area contributed by atoms with Gasteiger partial charge in [-0.1, -0.05) is 44.2 Å². The van der Waals surface area contributed by atoms with Gasteiger partial charge in [0.1, 0.15) is 5.75 Å². The monoisotopic (exact) mass is 340 g/mol. The first-order chi connectivity index (χ1) is 12.1. The van der Waals surface area contributed by atoms with Crippen LogP contribution in [0.25, 0.3) is 0 Å². The Hall–Kier alpha value is -2.33. The van der Waals surface area contributed by atoms with Crippen LogP contribution in [0.1, 0.15) is 37.3 Å². The number of rotatable bonds is 9. The second kappa shape index (κ2) is 9.84. The number of carbonyl (C=O) groups is 1. The summed E-state index contributed by atoms with van der Waals surface area (Å²) in [5.41, 5.74) is 3.34. The average molecular weight is 340 g/mol. The maximum absolute atomic E-state index is 12.1. The quantitative estimate of drug-likeness (QED) is 0.679. The molecule has 0 radical (unpaired) electrons. The smallest absolute Gasteiger partial charge is 0.225 e. The molecule has 0 aromatic heterocycles. The van der Waals surface area contributed by atoms with Crippen LogP contribution < -0.4 is 15.4 Å². The maximum Gasteiger partial charge on any atom is 0.225 e. The van der Waals surface area contributed by atoms with Crippen LogP contribution in [-0.4, -0.2) is 26.1 Å². The molecule has 1 amide bonds. The van der Waals surface area contributed by atoms with Crippen LogP contribution in [0.4, 0.5) is 5.69 Å². The maximum atomic E-state index is 12.1. The third-order valence-corrected chi connectivity index (χ3v) is 4.14. The van der Waals surface area contributed by atoms with Crippen LogP contribution in [0.3, 0.4) is 0 Å². The van der Waals surface area contributed by atoms with Crippen molar-refractivity contribution in [3.8, 4) is 5.75 Å². The molecule has 0 saturated heterocycles. The molecular weight excluding hydrogens is 312 g/mol. The van der Waals surface area contributed by atoms with E-state index in [1.807, 2.05) is 30.3 Å². The van der Waals surface area contributed by atoms with Crippen LogP contribution in [0.5, 0.6) is 5.75 Å². The minimum atomic E-state index is 0.0463. The zero-order chi connectivity index (χ0) is 18.1. The topological polar surface area (TPSA) is 50.4 Å². The SMILES string of the molecule is COc1ccc(CCNCCC(=O)Nc2ccccc2C(C)C)cc1. The molecule has 4 nitrogen and oxygen atoms in total. The van der Waals surface area contributed by atoms with Crippen molar-refractivity contribution in [3.63, 3.8) is 0 Å². The highest BCUT2D eigenvalue weighted by atomic mass is 16.5. The number of hydrogen-bond donors (Lipinski definition) is 2. The molecule has 0 heterocycles. The molecule has 2 aromatic rings. The summed E-state index contributed by atoms with van der Waals surface area (Å²) >= 11 is 0. The normalized spacial score (nSPS) is 10.7. The Balaban J connectivity index is 1.68. The van der Waals surface area contributed by atoms with Gasteiger partial charge >= 0.3 is 0 Å². The standard InChI is InChI=1S/C21H28N2O2/c1-16(2)19-6-4-5-7-20(19)23-21(24)13-15-22-14-12-17-8-10-18(25-3)11-9-17/h4-11,16,22H,12-15H2,1-3H3,(H,23,24). The van der Waals surface area contributed by atoms with E-state index in [9.17, 15) is 4.79 Å². The number of nitrogens with one attached hydrogen (secondary N) is 2. The van der Waals surface area contributed by atoms with Gasteiger partial charge in [0, 0.05) is 18.7 Å². The molecule has 0 aliphatic carbocycles. The molecule has 2 aromatic carbocycles. The predicted molar refractivity (Wildman–Crippen MR) is 103 cm³/mol. The predicted octanol–water partition coefficient (Wildman–Crippen LogP) is 3.98. The Morgan fingerprint density at radius 1 is 1.04 bits per heavy atom. The summed E-state index contributed by atoms with van der Waals surface area (Å²) in [7, 11) is 1.67. The van der Waals surface area contributed by atoms with Gasteiger partial charge in [0.05, 0.1) is 7.11 Å². The van der Waals surface area contributed by atoms with E-state index >= 15 is 0 Å². The van der Waals surface area contributed by atoms with E-state index in [4.69, 9.17) is 4.74 Å². The van der Waals surface area contributed by atoms with Crippen molar-refractivity contribution in [1.29, 1.82) is 0 Å². The molecule has 4 heteroatoms. The molecule has 0 aliphatic heterocycles. The lowest BCUT2D eigenvalue weighted by atomic mass is 10.0. The van der Waals surface area contributed by atoms with Gasteiger partial charge in [-0.25, -0.2) is 0 Å². The lowest BCUT2D eigenvalue weighted by Crippen LogP contribution is -2.24. The Morgan fingerprint density at radius 2 is 1.76 bits per heavy atom. The number of methoxy groups -OCH3 is 1. The summed E-state index contributed by atoms with van der Waals surface area (Å²) in [5.74, 6) is 1.30. The summed E-state index contributed by atoms with van der Waals surface area (Å²) in [5, 5.41) is 6.34. The number of para-hydroxylation sites is 1. The van der Waals surface area contributed by atoms with Crippen molar-refractivity contribution in [2.24, 2.45) is 0 Å². The van der Waals surface area contributed by atoms with Crippen LogP contribution in [-0.2, 0) is 11.2 Å². The molecule has 0 atom stereocenters. The van der Waals surface area contributed by atoms with Crippen LogP contribution in [0.2, 0.25) is 0 Å². The van der Waals surface area contributed by atoms with E-state index in [0.29, 0.717) is 18.9 Å². The summed E-state index contributed by atoms with van der Waals surface area (Å²) in [6, 6.07) is 16.0. The largest absolute Gasteiger partial charge is 0.497 e. The highest BCUT2D eigenvalue weighted by Crippen LogP contribution is 2.23. The Kier molecular flexibility index (Phi) is 7.48. The average Bonchev–Trinajstić information content (AvgIpc) is 2.62. The molecule has 2 rings (SSSR count). The van der Waals surface area contributed by atoms with Crippen LogP contribution >= 0.6 is 0 Å². The molecule has 0 fully saturated rings. The molecular formula is C21H28N2O2. The molecule has 0 unspecified atom stereocenters. The van der Waals surface area contributed by atoms with E-state index in [0.717, 1.165) is 24.4 Å². The van der Waals surface area contributed by atoms with E-state index in [1.54, 1.807) is 7.11 Å². The fourth-order valence-corrected chi connectivity index (χ4v) is 2.68. The third kappa shape index (κ3) is 6.24. The van der Waals surface area contributed by atoms with Crippen molar-refractivity contribution >= 4 is 11.6 Å². The first-order valence-electron chi connectivity index (χ1n) is 8.82. The van der Waals surface area contributed by atoms with Gasteiger partial charge in [-0.15, -0.1) is 0 Å². The zero-order valence-electron chi connectivity index (χ0n) is 15.3. The zero-order valence-corrected chi connectivity index (χ0v) is 15.3. The lowest BCUT2D eigenvalue weighted by molar-refractivity contribution is -0.116. The number of anilines is 1. The molecule has 134 valence electrons. The molecule has 0 bridgehead atoms. The molecule has 0 aliphatic rings. The van der Waals surface area contributed by atoms with Crippen molar-refractivity contribution in [2.75, 3.05) is 25.5 Å². The number of benzene rings is 2. The van der Waals surface area contributed by atoms with E-state index in [2.05, 4.69) is 42.7 Å². The summed E-state index contributed by atoms with van der Waals surface area (Å²) < 4.78 is 5.15. The first-order valence-corrected chi connectivity index (χ1v) is 8.82. The van der Waals surface area contributed by atoms with Crippen molar-refractivity contribution < 1.29 is 9.53 Å². The number of hydrogen-bond acceptors (Lipinski definition) is 3. The minimum absolute atomic E-state index is 0.0463. The van der Waals surface area contributed by atoms with Crippen molar-refractivity contribution in [1.82, 2.24) is 5.32 Å².